The number of nitro benzene ring substituents is 1. The zero-order valence-corrected chi connectivity index (χ0v) is 13.0. The molecule has 0 aromatic heterocycles. The molecule has 8 heteroatoms. The first-order valence-electron chi connectivity index (χ1n) is 7.69. The van der Waals surface area contributed by atoms with Gasteiger partial charge in [0.15, 0.2) is 0 Å². The number of rotatable bonds is 2. The van der Waals surface area contributed by atoms with Gasteiger partial charge in [-0.2, -0.15) is 0 Å². The molecule has 124 valence electrons. The molecule has 0 bridgehead atoms. The Morgan fingerprint density at radius 2 is 1.92 bits per heavy atom. The molecule has 25 heavy (non-hydrogen) atoms. The molecule has 2 heterocycles. The van der Waals surface area contributed by atoms with Gasteiger partial charge in [0.25, 0.3) is 11.6 Å². The fourth-order valence-corrected chi connectivity index (χ4v) is 2.82. The highest BCUT2D eigenvalue weighted by atomic mass is 16.6. The van der Waals surface area contributed by atoms with Crippen LogP contribution in [0.1, 0.15) is 15.9 Å². The van der Waals surface area contributed by atoms with Crippen LogP contribution in [0.25, 0.3) is 0 Å². The average molecular weight is 335 g/mol. The highest BCUT2D eigenvalue weighted by molar-refractivity contribution is 6.19. The number of hydrogen-bond donors (Lipinski definition) is 1. The smallest absolute Gasteiger partial charge is 0.269 e. The van der Waals surface area contributed by atoms with E-state index in [2.05, 4.69) is 15.3 Å². The van der Waals surface area contributed by atoms with Gasteiger partial charge in [0.05, 0.1) is 17.2 Å². The molecular formula is C17H13N5O3. The molecule has 0 saturated carbocycles. The van der Waals surface area contributed by atoms with E-state index in [9.17, 15) is 14.9 Å². The summed E-state index contributed by atoms with van der Waals surface area (Å²) in [5.41, 5.74) is 1.95. The van der Waals surface area contributed by atoms with Gasteiger partial charge in [-0.3, -0.25) is 30.1 Å². The molecule has 1 amide bonds. The third-order valence-electron chi connectivity index (χ3n) is 4.03. The van der Waals surface area contributed by atoms with Crippen LogP contribution in [0.2, 0.25) is 0 Å². The largest absolute Gasteiger partial charge is 0.294 e. The Hall–Kier alpha value is -3.55. The Morgan fingerprint density at radius 1 is 1.16 bits per heavy atom. The number of carbonyl (C=O) groups is 1. The van der Waals surface area contributed by atoms with E-state index < -0.39 is 4.92 Å². The molecule has 0 radical (unpaired) electrons. The van der Waals surface area contributed by atoms with E-state index in [-0.39, 0.29) is 11.6 Å². The quantitative estimate of drug-likeness (QED) is 0.671. The molecule has 0 unspecified atom stereocenters. The number of nitro groups is 1. The number of amidine groups is 1. The number of hydrogen-bond acceptors (Lipinski definition) is 6. The molecule has 0 spiro atoms. The van der Waals surface area contributed by atoms with Crippen molar-refractivity contribution >= 4 is 29.1 Å². The van der Waals surface area contributed by atoms with Crippen molar-refractivity contribution in [2.24, 2.45) is 9.98 Å². The number of nitrogens with one attached hydrogen (secondary N) is 1. The van der Waals surface area contributed by atoms with Crippen molar-refractivity contribution in [2.45, 2.75) is 0 Å². The molecular weight excluding hydrogens is 322 g/mol. The molecule has 4 rings (SSSR count). The van der Waals surface area contributed by atoms with E-state index in [0.29, 0.717) is 24.6 Å². The Balaban J connectivity index is 1.62. The minimum Gasteiger partial charge on any atom is -0.294 e. The summed E-state index contributed by atoms with van der Waals surface area (Å²) in [6, 6.07) is 13.1. The minimum atomic E-state index is -0.503. The maximum absolute atomic E-state index is 12.5. The maximum Gasteiger partial charge on any atom is 0.269 e. The molecule has 0 aliphatic carbocycles. The average Bonchev–Trinajstić information content (AvgIpc) is 3.12. The van der Waals surface area contributed by atoms with Crippen molar-refractivity contribution in [1.29, 1.82) is 0 Å². The summed E-state index contributed by atoms with van der Waals surface area (Å²) in [4.78, 5) is 33.6. The van der Waals surface area contributed by atoms with Gasteiger partial charge in [-0.25, -0.2) is 4.99 Å². The number of carbonyl (C=O) groups excluding carboxylic acids is 1. The zero-order valence-electron chi connectivity index (χ0n) is 13.0. The second kappa shape index (κ2) is 5.82. The van der Waals surface area contributed by atoms with Crippen LogP contribution in [0.3, 0.4) is 0 Å². The van der Waals surface area contributed by atoms with Gasteiger partial charge in [0, 0.05) is 29.8 Å². The van der Waals surface area contributed by atoms with Gasteiger partial charge in [-0.15, -0.1) is 0 Å². The topological polar surface area (TPSA) is 100 Å². The lowest BCUT2D eigenvalue weighted by Crippen LogP contribution is -2.47. The van der Waals surface area contributed by atoms with Crippen LogP contribution in [0.5, 0.6) is 0 Å². The van der Waals surface area contributed by atoms with Crippen molar-refractivity contribution in [3.8, 4) is 0 Å². The van der Waals surface area contributed by atoms with Gasteiger partial charge in [-0.1, -0.05) is 12.1 Å². The molecule has 2 aromatic carbocycles. The van der Waals surface area contributed by atoms with Crippen LogP contribution in [0, 0.1) is 10.1 Å². The van der Waals surface area contributed by atoms with Crippen molar-refractivity contribution in [3.05, 3.63) is 69.8 Å². The van der Waals surface area contributed by atoms with Crippen LogP contribution < -0.4 is 5.32 Å². The van der Waals surface area contributed by atoms with Gasteiger partial charge in [-0.05, 0) is 24.3 Å². The van der Waals surface area contributed by atoms with Crippen molar-refractivity contribution in [2.75, 3.05) is 13.1 Å². The molecule has 0 fully saturated rings. The standard InChI is InChI=1S/C17H13N5O3/c23-16(11-5-7-12(8-6-11)22(24)25)20-17-19-14-4-2-1-3-13(14)15-18-9-10-21(15)17/h1-8H,9-10H2,(H,19,20,23). The second-order valence-electron chi connectivity index (χ2n) is 5.57. The normalized spacial score (nSPS) is 15.0. The fourth-order valence-electron chi connectivity index (χ4n) is 2.82. The summed E-state index contributed by atoms with van der Waals surface area (Å²) in [6.45, 7) is 1.28. The van der Waals surface area contributed by atoms with Crippen molar-refractivity contribution < 1.29 is 9.72 Å². The highest BCUT2D eigenvalue weighted by Crippen LogP contribution is 2.27. The molecule has 2 aliphatic rings. The first-order chi connectivity index (χ1) is 12.1. The van der Waals surface area contributed by atoms with E-state index in [0.717, 1.165) is 17.1 Å². The van der Waals surface area contributed by atoms with Crippen LogP contribution in [-0.2, 0) is 0 Å². The molecule has 8 nitrogen and oxygen atoms in total. The number of para-hydroxylation sites is 1. The second-order valence-corrected chi connectivity index (χ2v) is 5.57. The van der Waals surface area contributed by atoms with E-state index in [1.165, 1.54) is 24.3 Å². The summed E-state index contributed by atoms with van der Waals surface area (Å²) >= 11 is 0. The Bertz CT molecular complexity index is 934. The van der Waals surface area contributed by atoms with Crippen molar-refractivity contribution in [1.82, 2.24) is 10.2 Å². The molecule has 1 N–H and O–H groups in total. The predicted molar refractivity (Wildman–Crippen MR) is 92.2 cm³/mol. The van der Waals surface area contributed by atoms with Crippen LogP contribution in [0.4, 0.5) is 11.4 Å². The third-order valence-corrected chi connectivity index (χ3v) is 4.03. The zero-order chi connectivity index (χ0) is 17.4. The van der Waals surface area contributed by atoms with Gasteiger partial charge in [0.2, 0.25) is 5.96 Å². The van der Waals surface area contributed by atoms with Crippen LogP contribution >= 0.6 is 0 Å². The highest BCUT2D eigenvalue weighted by Gasteiger charge is 2.30. The lowest BCUT2D eigenvalue weighted by Gasteiger charge is -2.27. The van der Waals surface area contributed by atoms with Crippen LogP contribution in [0.15, 0.2) is 58.5 Å². The van der Waals surface area contributed by atoms with Crippen molar-refractivity contribution in [3.63, 3.8) is 0 Å². The Labute approximate surface area is 142 Å². The van der Waals surface area contributed by atoms with E-state index in [4.69, 9.17) is 0 Å². The monoisotopic (exact) mass is 335 g/mol. The molecule has 2 aliphatic heterocycles. The van der Waals surface area contributed by atoms with Gasteiger partial charge >= 0.3 is 0 Å². The lowest BCUT2D eigenvalue weighted by atomic mass is 10.1. The number of guanidine groups is 1. The van der Waals surface area contributed by atoms with Gasteiger partial charge < -0.3 is 0 Å². The third kappa shape index (κ3) is 2.63. The number of nitrogens with zero attached hydrogens (tertiary/aromatic N) is 4. The Morgan fingerprint density at radius 3 is 2.68 bits per heavy atom. The maximum atomic E-state index is 12.5. The number of amides is 1. The van der Waals surface area contributed by atoms with E-state index in [1.54, 1.807) is 0 Å². The number of aliphatic imine (C=N–C) groups is 2. The first-order valence-corrected chi connectivity index (χ1v) is 7.69. The molecule has 0 saturated heterocycles. The lowest BCUT2D eigenvalue weighted by molar-refractivity contribution is -0.384. The minimum absolute atomic E-state index is 0.0607. The number of non-ortho nitro benzene ring substituents is 1. The summed E-state index contributed by atoms with van der Waals surface area (Å²) < 4.78 is 0. The van der Waals surface area contributed by atoms with Gasteiger partial charge in [0.1, 0.15) is 5.84 Å². The van der Waals surface area contributed by atoms with E-state index >= 15 is 0 Å². The predicted octanol–water partition coefficient (Wildman–Crippen LogP) is 2.09. The summed E-state index contributed by atoms with van der Waals surface area (Å²) in [5.74, 6) is 0.835. The van der Waals surface area contributed by atoms with Crippen LogP contribution in [-0.4, -0.2) is 40.6 Å². The first kappa shape index (κ1) is 15.0. The SMILES string of the molecule is O=C(NC1=Nc2ccccc2C2=NCCN12)c1ccc([N+](=O)[O-])cc1. The summed E-state index contributed by atoms with van der Waals surface area (Å²) in [7, 11) is 0. The summed E-state index contributed by atoms with van der Waals surface area (Å²) in [6.07, 6.45) is 0. The van der Waals surface area contributed by atoms with E-state index in [1.807, 2.05) is 29.2 Å². The number of benzene rings is 2. The fraction of sp³-hybridized carbons (Fsp3) is 0.118. The Kier molecular flexibility index (Phi) is 3.50. The summed E-state index contributed by atoms with van der Waals surface area (Å²) in [5, 5.41) is 13.5. The number of fused-ring (bicyclic) bond motifs is 3. The molecule has 0 atom stereocenters. The molecule has 2 aromatic rings.